The normalized spacial score (nSPS) is 14.7. The fraction of sp³-hybridized carbons (Fsp3) is 0.0833. The van der Waals surface area contributed by atoms with Gasteiger partial charge in [-0.3, -0.25) is 14.1 Å². The Bertz CT molecular complexity index is 1450. The molecule has 0 unspecified atom stereocenters. The zero-order valence-corrected chi connectivity index (χ0v) is 17.6. The van der Waals surface area contributed by atoms with E-state index in [0.29, 0.717) is 29.2 Å². The number of anilines is 2. The van der Waals surface area contributed by atoms with Crippen molar-refractivity contribution in [1.82, 2.24) is 4.98 Å². The molecule has 0 saturated carbocycles. The molecule has 1 fully saturated rings. The fourth-order valence-corrected chi connectivity index (χ4v) is 4.83. The van der Waals surface area contributed by atoms with E-state index in [1.54, 1.807) is 36.5 Å². The number of hydrogen-bond acceptors (Lipinski definition) is 4. The van der Waals surface area contributed by atoms with Gasteiger partial charge in [-0.15, -0.1) is 0 Å². The number of pyridine rings is 1. The van der Waals surface area contributed by atoms with Crippen LogP contribution in [0.5, 0.6) is 0 Å². The Morgan fingerprint density at radius 1 is 1.00 bits per heavy atom. The lowest BCUT2D eigenvalue weighted by Gasteiger charge is -2.32. The molecular weight excluding hydrogens is 429 g/mol. The maximum absolute atomic E-state index is 14.7. The molecular formula is C24H18FN3O3S. The van der Waals surface area contributed by atoms with Crippen molar-refractivity contribution in [1.29, 1.82) is 0 Å². The second-order valence-corrected chi connectivity index (χ2v) is 9.48. The van der Waals surface area contributed by atoms with Crippen LogP contribution >= 0.6 is 0 Å². The quantitative estimate of drug-likeness (QED) is 0.502. The van der Waals surface area contributed by atoms with Crippen LogP contribution in [0.25, 0.3) is 22.0 Å². The van der Waals surface area contributed by atoms with Gasteiger partial charge < -0.3 is 5.32 Å². The number of amides is 1. The molecule has 0 bridgehead atoms. The van der Waals surface area contributed by atoms with Crippen LogP contribution < -0.4 is 9.62 Å². The summed E-state index contributed by atoms with van der Waals surface area (Å²) in [5.41, 5.74) is 2.10. The predicted molar refractivity (Wildman–Crippen MR) is 123 cm³/mol. The highest BCUT2D eigenvalue weighted by Crippen LogP contribution is 2.31. The molecule has 32 heavy (non-hydrogen) atoms. The second-order valence-electron chi connectivity index (χ2n) is 7.46. The van der Waals surface area contributed by atoms with Crippen molar-refractivity contribution in [2.24, 2.45) is 0 Å². The van der Waals surface area contributed by atoms with E-state index in [1.165, 1.54) is 16.4 Å². The van der Waals surface area contributed by atoms with E-state index in [2.05, 4.69) is 10.3 Å². The van der Waals surface area contributed by atoms with Gasteiger partial charge >= 0.3 is 0 Å². The zero-order chi connectivity index (χ0) is 22.3. The third kappa shape index (κ3) is 3.58. The highest BCUT2D eigenvalue weighted by molar-refractivity contribution is 7.94. The van der Waals surface area contributed by atoms with Gasteiger partial charge in [-0.05, 0) is 53.9 Å². The van der Waals surface area contributed by atoms with Crippen LogP contribution in [-0.2, 0) is 10.0 Å². The Labute approximate surface area is 184 Å². The molecule has 6 nitrogen and oxygen atoms in total. The third-order valence-corrected chi connectivity index (χ3v) is 7.22. The first-order valence-corrected chi connectivity index (χ1v) is 11.6. The third-order valence-electron chi connectivity index (χ3n) is 5.46. The van der Waals surface area contributed by atoms with E-state index in [9.17, 15) is 17.6 Å². The molecule has 0 atom stereocenters. The molecule has 1 aliphatic heterocycles. The van der Waals surface area contributed by atoms with Gasteiger partial charge in [0.25, 0.3) is 5.91 Å². The van der Waals surface area contributed by atoms with Gasteiger partial charge in [-0.1, -0.05) is 24.3 Å². The Hall–Kier alpha value is -3.78. The summed E-state index contributed by atoms with van der Waals surface area (Å²) in [5, 5.41) is 4.53. The number of benzene rings is 3. The minimum absolute atomic E-state index is 0.133. The number of hydrogen-bond donors (Lipinski definition) is 1. The number of nitrogens with one attached hydrogen (secondary N) is 1. The number of carbonyl (C=O) groups excluding carboxylic acids is 1. The van der Waals surface area contributed by atoms with E-state index in [0.717, 1.165) is 10.8 Å². The van der Waals surface area contributed by atoms with E-state index >= 15 is 0 Å². The number of aromatic nitrogens is 1. The summed E-state index contributed by atoms with van der Waals surface area (Å²) in [6.07, 6.45) is 1.63. The largest absolute Gasteiger partial charge is 0.322 e. The van der Waals surface area contributed by atoms with Gasteiger partial charge in [0.1, 0.15) is 5.82 Å². The summed E-state index contributed by atoms with van der Waals surface area (Å²) in [6.45, 7) is 0.439. The standard InChI is InChI=1S/C24H18FN3O3S/c25-22-10-7-18(15-21(22)23-20-4-2-1-3-16(20)11-12-26-23)27-24(29)17-5-8-19(9-6-17)28-13-14-32(28,30)31/h1-12,15H,13-14H2,(H,27,29). The van der Waals surface area contributed by atoms with Gasteiger partial charge in [-0.2, -0.15) is 0 Å². The maximum Gasteiger partial charge on any atom is 0.255 e. The highest BCUT2D eigenvalue weighted by atomic mass is 32.2. The lowest BCUT2D eigenvalue weighted by Crippen LogP contribution is -2.47. The first-order valence-electron chi connectivity index (χ1n) is 9.98. The Morgan fingerprint density at radius 2 is 1.78 bits per heavy atom. The first-order chi connectivity index (χ1) is 15.4. The number of sulfonamides is 1. The van der Waals surface area contributed by atoms with Crippen molar-refractivity contribution < 1.29 is 17.6 Å². The number of nitrogens with zero attached hydrogens (tertiary/aromatic N) is 2. The SMILES string of the molecule is O=C(Nc1ccc(F)c(-c2nccc3ccccc23)c1)c1ccc(N2CCS2(=O)=O)cc1. The number of fused-ring (bicyclic) bond motifs is 1. The zero-order valence-electron chi connectivity index (χ0n) is 16.8. The van der Waals surface area contributed by atoms with Gasteiger partial charge in [0, 0.05) is 34.9 Å². The molecule has 1 N–H and O–H groups in total. The molecule has 2 heterocycles. The van der Waals surface area contributed by atoms with E-state index in [-0.39, 0.29) is 17.2 Å². The van der Waals surface area contributed by atoms with E-state index in [1.807, 2.05) is 30.3 Å². The Kier molecular flexibility index (Phi) is 4.86. The van der Waals surface area contributed by atoms with Gasteiger partial charge in [0.15, 0.2) is 0 Å². The van der Waals surface area contributed by atoms with Crippen LogP contribution in [0.4, 0.5) is 15.8 Å². The summed E-state index contributed by atoms with van der Waals surface area (Å²) in [7, 11) is -3.22. The summed E-state index contributed by atoms with van der Waals surface area (Å²) < 4.78 is 39.5. The van der Waals surface area contributed by atoms with Gasteiger partial charge in [0.2, 0.25) is 10.0 Å². The van der Waals surface area contributed by atoms with Crippen molar-refractivity contribution in [2.75, 3.05) is 21.9 Å². The van der Waals surface area contributed by atoms with Crippen LogP contribution in [-0.4, -0.2) is 31.6 Å². The van der Waals surface area contributed by atoms with Crippen molar-refractivity contribution in [3.8, 4) is 11.3 Å². The fourth-order valence-electron chi connectivity index (χ4n) is 3.72. The topological polar surface area (TPSA) is 79.4 Å². The van der Waals surface area contributed by atoms with Gasteiger partial charge in [-0.25, -0.2) is 12.8 Å². The van der Waals surface area contributed by atoms with E-state index in [4.69, 9.17) is 0 Å². The number of carbonyl (C=O) groups is 1. The molecule has 4 aromatic rings. The summed E-state index contributed by atoms with van der Waals surface area (Å²) >= 11 is 0. The monoisotopic (exact) mass is 447 g/mol. The predicted octanol–water partition coefficient (Wildman–Crippen LogP) is 4.44. The van der Waals surface area contributed by atoms with Crippen molar-refractivity contribution in [3.05, 3.63) is 90.4 Å². The molecule has 160 valence electrons. The molecule has 5 rings (SSSR count). The Balaban J connectivity index is 1.41. The second kappa shape index (κ2) is 7.72. The van der Waals surface area contributed by atoms with Crippen LogP contribution in [0.2, 0.25) is 0 Å². The van der Waals surface area contributed by atoms with Crippen molar-refractivity contribution in [3.63, 3.8) is 0 Å². The van der Waals surface area contributed by atoms with Crippen LogP contribution in [0.1, 0.15) is 10.4 Å². The first kappa shape index (κ1) is 20.1. The van der Waals surface area contributed by atoms with Crippen LogP contribution in [0.3, 0.4) is 0 Å². The number of rotatable bonds is 4. The summed E-state index contributed by atoms with van der Waals surface area (Å²) in [6, 6.07) is 20.1. The molecule has 1 amide bonds. The summed E-state index contributed by atoms with van der Waals surface area (Å²) in [4.78, 5) is 17.1. The molecule has 0 spiro atoms. The van der Waals surface area contributed by atoms with Crippen molar-refractivity contribution in [2.45, 2.75) is 0 Å². The molecule has 0 aliphatic carbocycles. The maximum atomic E-state index is 14.7. The van der Waals surface area contributed by atoms with Gasteiger partial charge in [0.05, 0.1) is 17.1 Å². The van der Waals surface area contributed by atoms with Crippen LogP contribution in [0.15, 0.2) is 79.0 Å². The number of halogens is 1. The Morgan fingerprint density at radius 3 is 2.50 bits per heavy atom. The van der Waals surface area contributed by atoms with E-state index < -0.39 is 15.8 Å². The van der Waals surface area contributed by atoms with Crippen molar-refractivity contribution >= 4 is 38.1 Å². The highest BCUT2D eigenvalue weighted by Gasteiger charge is 2.32. The molecule has 8 heteroatoms. The summed E-state index contributed by atoms with van der Waals surface area (Å²) in [5.74, 6) is -0.688. The average molecular weight is 447 g/mol. The molecule has 3 aromatic carbocycles. The molecule has 0 radical (unpaired) electrons. The minimum Gasteiger partial charge on any atom is -0.322 e. The lowest BCUT2D eigenvalue weighted by molar-refractivity contribution is 0.102. The average Bonchev–Trinajstić information content (AvgIpc) is 2.80. The smallest absolute Gasteiger partial charge is 0.255 e. The van der Waals surface area contributed by atoms with Crippen LogP contribution in [0, 0.1) is 5.82 Å². The lowest BCUT2D eigenvalue weighted by atomic mass is 10.0. The molecule has 1 aromatic heterocycles. The minimum atomic E-state index is -3.22. The molecule has 1 saturated heterocycles. The molecule has 1 aliphatic rings.